The van der Waals surface area contributed by atoms with Crippen molar-refractivity contribution in [2.75, 3.05) is 19.5 Å². The Morgan fingerprint density at radius 3 is 2.56 bits per heavy atom. The minimum Gasteiger partial charge on any atom is -0.465 e. The highest BCUT2D eigenvalue weighted by atomic mass is 19.1. The summed E-state index contributed by atoms with van der Waals surface area (Å²) in [5.41, 5.74) is 0.563. The predicted molar refractivity (Wildman–Crippen MR) is 67.3 cm³/mol. The van der Waals surface area contributed by atoms with Crippen molar-refractivity contribution in [1.29, 1.82) is 0 Å². The number of carbonyl (C=O) groups excluding carboxylic acids is 1. The molecule has 0 spiro atoms. The molecule has 18 heavy (non-hydrogen) atoms. The van der Waals surface area contributed by atoms with Crippen LogP contribution >= 0.6 is 0 Å². The first-order valence-corrected chi connectivity index (χ1v) is 5.66. The monoisotopic (exact) mass is 255 g/mol. The highest BCUT2D eigenvalue weighted by Crippen LogP contribution is 2.18. The number of benzene rings is 1. The Kier molecular flexibility index (Phi) is 5.09. The van der Waals surface area contributed by atoms with Crippen molar-refractivity contribution in [2.45, 2.75) is 26.0 Å². The maximum absolute atomic E-state index is 13.6. The van der Waals surface area contributed by atoms with E-state index in [1.54, 1.807) is 7.11 Å². The van der Waals surface area contributed by atoms with E-state index in [0.717, 1.165) is 0 Å². The summed E-state index contributed by atoms with van der Waals surface area (Å²) in [6.45, 7) is 3.75. The van der Waals surface area contributed by atoms with Gasteiger partial charge in [-0.1, -0.05) is 0 Å². The normalized spacial score (nSPS) is 13.8. The molecule has 0 heterocycles. The van der Waals surface area contributed by atoms with Gasteiger partial charge in [0, 0.05) is 13.2 Å². The number of ether oxygens (including phenoxy) is 2. The maximum Gasteiger partial charge on any atom is 0.337 e. The van der Waals surface area contributed by atoms with Gasteiger partial charge in [0.1, 0.15) is 5.82 Å². The standard InChI is InChI=1S/C13H18FNO3/c1-8(9(2)17-3)15-12-7-10(13(16)18-4)5-6-11(12)14/h5-9,15H,1-4H3. The molecule has 0 saturated heterocycles. The van der Waals surface area contributed by atoms with Gasteiger partial charge in [-0.2, -0.15) is 0 Å². The number of methoxy groups -OCH3 is 2. The molecule has 0 fully saturated rings. The molecule has 2 unspecified atom stereocenters. The molecule has 0 aliphatic heterocycles. The Hall–Kier alpha value is -1.62. The SMILES string of the molecule is COC(=O)c1ccc(F)c(NC(C)C(C)OC)c1. The highest BCUT2D eigenvalue weighted by molar-refractivity contribution is 5.90. The van der Waals surface area contributed by atoms with E-state index in [1.807, 2.05) is 13.8 Å². The van der Waals surface area contributed by atoms with E-state index in [1.165, 1.54) is 25.3 Å². The van der Waals surface area contributed by atoms with Crippen molar-refractivity contribution < 1.29 is 18.7 Å². The second kappa shape index (κ2) is 6.35. The van der Waals surface area contributed by atoms with Crippen molar-refractivity contribution >= 4 is 11.7 Å². The van der Waals surface area contributed by atoms with Gasteiger partial charge in [0.2, 0.25) is 0 Å². The molecule has 0 aliphatic carbocycles. The molecule has 1 rings (SSSR count). The summed E-state index contributed by atoms with van der Waals surface area (Å²) in [4.78, 5) is 11.4. The fourth-order valence-corrected chi connectivity index (χ4v) is 1.45. The van der Waals surface area contributed by atoms with Gasteiger partial charge in [-0.15, -0.1) is 0 Å². The van der Waals surface area contributed by atoms with Crippen molar-refractivity contribution in [3.05, 3.63) is 29.6 Å². The number of anilines is 1. The topological polar surface area (TPSA) is 47.6 Å². The molecule has 1 aromatic carbocycles. The summed E-state index contributed by atoms with van der Waals surface area (Å²) in [6, 6.07) is 3.97. The smallest absolute Gasteiger partial charge is 0.337 e. The first-order valence-electron chi connectivity index (χ1n) is 5.66. The Balaban J connectivity index is 2.91. The average molecular weight is 255 g/mol. The van der Waals surface area contributed by atoms with Crippen LogP contribution in [0.4, 0.5) is 10.1 Å². The fraction of sp³-hybridized carbons (Fsp3) is 0.462. The van der Waals surface area contributed by atoms with E-state index in [4.69, 9.17) is 4.74 Å². The van der Waals surface area contributed by atoms with E-state index in [2.05, 4.69) is 10.1 Å². The van der Waals surface area contributed by atoms with Crippen molar-refractivity contribution in [3.63, 3.8) is 0 Å². The van der Waals surface area contributed by atoms with E-state index in [9.17, 15) is 9.18 Å². The zero-order chi connectivity index (χ0) is 13.7. The second-order valence-corrected chi connectivity index (χ2v) is 4.06. The highest BCUT2D eigenvalue weighted by Gasteiger charge is 2.15. The Morgan fingerprint density at radius 2 is 2.00 bits per heavy atom. The van der Waals surface area contributed by atoms with Gasteiger partial charge in [-0.25, -0.2) is 9.18 Å². The molecule has 0 radical (unpaired) electrons. The molecule has 0 aliphatic rings. The molecule has 1 N–H and O–H groups in total. The van der Waals surface area contributed by atoms with Gasteiger partial charge < -0.3 is 14.8 Å². The molecule has 2 atom stereocenters. The third-order valence-corrected chi connectivity index (χ3v) is 2.85. The quantitative estimate of drug-likeness (QED) is 0.821. The molecular weight excluding hydrogens is 237 g/mol. The first-order chi connectivity index (χ1) is 8.49. The number of carbonyl (C=O) groups is 1. The molecule has 0 saturated carbocycles. The average Bonchev–Trinajstić information content (AvgIpc) is 2.39. The molecule has 0 amide bonds. The van der Waals surface area contributed by atoms with E-state index >= 15 is 0 Å². The van der Waals surface area contributed by atoms with Crippen LogP contribution in [0.1, 0.15) is 24.2 Å². The Morgan fingerprint density at radius 1 is 1.33 bits per heavy atom. The lowest BCUT2D eigenvalue weighted by molar-refractivity contribution is 0.0600. The first kappa shape index (κ1) is 14.4. The molecule has 1 aromatic rings. The van der Waals surface area contributed by atoms with Gasteiger partial charge in [0.25, 0.3) is 0 Å². The van der Waals surface area contributed by atoms with Crippen LogP contribution in [0.5, 0.6) is 0 Å². The van der Waals surface area contributed by atoms with Gasteiger partial charge >= 0.3 is 5.97 Å². The van der Waals surface area contributed by atoms with Crippen LogP contribution in [-0.4, -0.2) is 32.3 Å². The molecular formula is C13H18FNO3. The van der Waals surface area contributed by atoms with E-state index in [0.29, 0.717) is 5.56 Å². The van der Waals surface area contributed by atoms with E-state index in [-0.39, 0.29) is 17.8 Å². The van der Waals surface area contributed by atoms with Crippen molar-refractivity contribution in [2.24, 2.45) is 0 Å². The van der Waals surface area contributed by atoms with Gasteiger partial charge in [0.15, 0.2) is 0 Å². The number of hydrogen-bond acceptors (Lipinski definition) is 4. The van der Waals surface area contributed by atoms with Crippen LogP contribution in [0.25, 0.3) is 0 Å². The van der Waals surface area contributed by atoms with Gasteiger partial charge in [-0.3, -0.25) is 0 Å². The predicted octanol–water partition coefficient (Wildman–Crippen LogP) is 2.45. The molecule has 5 heteroatoms. The lowest BCUT2D eigenvalue weighted by Gasteiger charge is -2.21. The summed E-state index contributed by atoms with van der Waals surface area (Å²) in [5.74, 6) is -0.914. The van der Waals surface area contributed by atoms with Crippen molar-refractivity contribution in [3.8, 4) is 0 Å². The van der Waals surface area contributed by atoms with E-state index < -0.39 is 11.8 Å². The zero-order valence-corrected chi connectivity index (χ0v) is 11.0. The minimum atomic E-state index is -0.495. The third-order valence-electron chi connectivity index (χ3n) is 2.85. The van der Waals surface area contributed by atoms with Crippen molar-refractivity contribution in [1.82, 2.24) is 0 Å². The van der Waals surface area contributed by atoms with Crippen LogP contribution in [0, 0.1) is 5.82 Å². The number of esters is 1. The molecule has 0 bridgehead atoms. The second-order valence-electron chi connectivity index (χ2n) is 4.06. The lowest BCUT2D eigenvalue weighted by atomic mass is 10.1. The zero-order valence-electron chi connectivity index (χ0n) is 11.0. The summed E-state index contributed by atoms with van der Waals surface area (Å²) >= 11 is 0. The number of nitrogens with one attached hydrogen (secondary N) is 1. The van der Waals surface area contributed by atoms with Crippen LogP contribution in [-0.2, 0) is 9.47 Å². The summed E-state index contributed by atoms with van der Waals surface area (Å²) in [6.07, 6.45) is -0.0776. The van der Waals surface area contributed by atoms with Crippen LogP contribution in [0.2, 0.25) is 0 Å². The molecule has 0 aromatic heterocycles. The number of halogens is 1. The summed E-state index contributed by atoms with van der Waals surface area (Å²) in [5, 5.41) is 2.97. The fourth-order valence-electron chi connectivity index (χ4n) is 1.45. The molecule has 4 nitrogen and oxygen atoms in total. The summed E-state index contributed by atoms with van der Waals surface area (Å²) < 4.78 is 23.3. The largest absolute Gasteiger partial charge is 0.465 e. The van der Waals surface area contributed by atoms with Crippen LogP contribution in [0.3, 0.4) is 0 Å². The van der Waals surface area contributed by atoms with Gasteiger partial charge in [0.05, 0.1) is 24.5 Å². The number of hydrogen-bond donors (Lipinski definition) is 1. The molecule has 100 valence electrons. The maximum atomic E-state index is 13.6. The Labute approximate surface area is 106 Å². The summed E-state index contributed by atoms with van der Waals surface area (Å²) in [7, 11) is 2.87. The van der Waals surface area contributed by atoms with Crippen LogP contribution in [0.15, 0.2) is 18.2 Å². The minimum absolute atomic E-state index is 0.0776. The van der Waals surface area contributed by atoms with Gasteiger partial charge in [-0.05, 0) is 32.0 Å². The Bertz CT molecular complexity index is 423. The number of rotatable bonds is 5. The van der Waals surface area contributed by atoms with Crippen LogP contribution < -0.4 is 5.32 Å². The lowest BCUT2D eigenvalue weighted by Crippen LogP contribution is -2.30. The third kappa shape index (κ3) is 3.43.